The molecule has 2 aromatic carbocycles. The van der Waals surface area contributed by atoms with E-state index in [2.05, 4.69) is 39.4 Å². The Labute approximate surface area is 199 Å². The van der Waals surface area contributed by atoms with Crippen LogP contribution in [0.1, 0.15) is 32.1 Å². The normalized spacial score (nSPS) is 21.8. The molecule has 33 heavy (non-hydrogen) atoms. The van der Waals surface area contributed by atoms with Crippen LogP contribution in [0.25, 0.3) is 10.1 Å². The van der Waals surface area contributed by atoms with Crippen LogP contribution in [0.3, 0.4) is 0 Å². The van der Waals surface area contributed by atoms with Crippen LogP contribution >= 0.6 is 11.5 Å². The molecule has 0 spiro atoms. The molecule has 1 aliphatic carbocycles. The minimum Gasteiger partial charge on any atom is -0.446 e. The molecule has 3 aromatic rings. The molecule has 7 heteroatoms. The Hall–Kier alpha value is -2.64. The van der Waals surface area contributed by atoms with Crippen LogP contribution in [-0.4, -0.2) is 54.2 Å². The summed E-state index contributed by atoms with van der Waals surface area (Å²) in [4.78, 5) is 17.2. The molecule has 0 unspecified atom stereocenters. The van der Waals surface area contributed by atoms with Gasteiger partial charge in [-0.15, -0.1) is 0 Å². The number of piperazine rings is 1. The van der Waals surface area contributed by atoms with Crippen LogP contribution in [0.5, 0.6) is 0 Å². The maximum Gasteiger partial charge on any atom is 0.411 e. The number of aromatic nitrogens is 1. The van der Waals surface area contributed by atoms with Gasteiger partial charge in [0.2, 0.25) is 0 Å². The van der Waals surface area contributed by atoms with E-state index in [1.54, 1.807) is 11.5 Å². The van der Waals surface area contributed by atoms with Gasteiger partial charge in [-0.25, -0.2) is 4.79 Å². The standard InChI is InChI=1S/C26H32N4O2S/c31-26(27-21-6-2-1-3-7-21)32-22-12-10-20(11-13-22)14-15-29-16-18-30(19-17-29)25-23-8-4-5-9-24(23)33-28-25/h1-9,20,22H,10-19H2,(H,27,31)/t20-,22-. The van der Waals surface area contributed by atoms with Gasteiger partial charge < -0.3 is 9.64 Å². The van der Waals surface area contributed by atoms with E-state index in [9.17, 15) is 4.79 Å². The molecule has 174 valence electrons. The molecule has 1 saturated heterocycles. The Morgan fingerprint density at radius 2 is 1.70 bits per heavy atom. The van der Waals surface area contributed by atoms with Gasteiger partial charge in [0.15, 0.2) is 0 Å². The fourth-order valence-electron chi connectivity index (χ4n) is 5.01. The number of nitrogens with zero attached hydrogens (tertiary/aromatic N) is 3. The zero-order chi connectivity index (χ0) is 22.5. The summed E-state index contributed by atoms with van der Waals surface area (Å²) in [6.45, 7) is 5.46. The molecule has 5 rings (SSSR count). The first-order valence-corrected chi connectivity index (χ1v) is 12.9. The first-order valence-electron chi connectivity index (χ1n) is 12.1. The molecule has 2 aliphatic rings. The average molecular weight is 465 g/mol. The van der Waals surface area contributed by atoms with Gasteiger partial charge in [0.1, 0.15) is 11.9 Å². The number of benzene rings is 2. The number of carbonyl (C=O) groups is 1. The number of hydrogen-bond acceptors (Lipinski definition) is 6. The summed E-state index contributed by atoms with van der Waals surface area (Å²) in [6.07, 6.45) is 5.18. The fraction of sp³-hybridized carbons (Fsp3) is 0.462. The van der Waals surface area contributed by atoms with Gasteiger partial charge >= 0.3 is 6.09 Å². The first-order chi connectivity index (χ1) is 16.2. The van der Waals surface area contributed by atoms with Crippen molar-refractivity contribution in [2.75, 3.05) is 42.9 Å². The number of nitrogens with one attached hydrogen (secondary N) is 1. The van der Waals surface area contributed by atoms with E-state index in [1.165, 1.54) is 16.5 Å². The second-order valence-corrected chi connectivity index (χ2v) is 9.96. The summed E-state index contributed by atoms with van der Waals surface area (Å²) in [7, 11) is 0. The lowest BCUT2D eigenvalue weighted by Gasteiger charge is -2.36. The predicted molar refractivity (Wildman–Crippen MR) is 135 cm³/mol. The molecule has 0 radical (unpaired) electrons. The van der Waals surface area contributed by atoms with Gasteiger partial charge in [-0.05, 0) is 80.4 Å². The molecular formula is C26H32N4O2S. The van der Waals surface area contributed by atoms with Crippen LogP contribution in [0.15, 0.2) is 54.6 Å². The second kappa shape index (κ2) is 10.5. The molecule has 2 heterocycles. The Bertz CT molecular complexity index is 1040. The third-order valence-electron chi connectivity index (χ3n) is 6.97. The number of ether oxygens (including phenoxy) is 1. The van der Waals surface area contributed by atoms with Crippen LogP contribution in [-0.2, 0) is 4.74 Å². The largest absolute Gasteiger partial charge is 0.446 e. The minimum absolute atomic E-state index is 0.0430. The quantitative estimate of drug-likeness (QED) is 0.513. The number of anilines is 2. The third kappa shape index (κ3) is 5.65. The van der Waals surface area contributed by atoms with Crippen molar-refractivity contribution in [3.05, 3.63) is 54.6 Å². The molecule has 1 aromatic heterocycles. The van der Waals surface area contributed by atoms with Crippen molar-refractivity contribution >= 4 is 39.2 Å². The molecule has 1 N–H and O–H groups in total. The van der Waals surface area contributed by atoms with Gasteiger partial charge in [0.05, 0.1) is 4.70 Å². The molecular weight excluding hydrogens is 432 g/mol. The van der Waals surface area contributed by atoms with E-state index >= 15 is 0 Å². The summed E-state index contributed by atoms with van der Waals surface area (Å²) in [5.41, 5.74) is 0.777. The van der Waals surface area contributed by atoms with Crippen molar-refractivity contribution in [1.82, 2.24) is 9.27 Å². The van der Waals surface area contributed by atoms with Gasteiger partial charge in [-0.2, -0.15) is 4.37 Å². The summed E-state index contributed by atoms with van der Waals surface area (Å²) in [5, 5.41) is 4.10. The van der Waals surface area contributed by atoms with Gasteiger partial charge in [-0.1, -0.05) is 30.3 Å². The van der Waals surface area contributed by atoms with E-state index < -0.39 is 0 Å². The van der Waals surface area contributed by atoms with Gasteiger partial charge in [-0.3, -0.25) is 10.2 Å². The van der Waals surface area contributed by atoms with E-state index in [-0.39, 0.29) is 12.2 Å². The third-order valence-corrected chi connectivity index (χ3v) is 7.79. The van der Waals surface area contributed by atoms with Crippen molar-refractivity contribution < 1.29 is 9.53 Å². The van der Waals surface area contributed by atoms with Crippen molar-refractivity contribution in [2.45, 2.75) is 38.2 Å². The predicted octanol–water partition coefficient (Wildman–Crippen LogP) is 5.62. The number of hydrogen-bond donors (Lipinski definition) is 1. The van der Waals surface area contributed by atoms with Gasteiger partial charge in [0.25, 0.3) is 0 Å². The maximum atomic E-state index is 12.1. The lowest BCUT2D eigenvalue weighted by Crippen LogP contribution is -2.47. The summed E-state index contributed by atoms with van der Waals surface area (Å²) >= 11 is 1.60. The maximum absolute atomic E-state index is 12.1. The summed E-state index contributed by atoms with van der Waals surface area (Å²) in [6, 6.07) is 18.0. The molecule has 0 bridgehead atoms. The minimum atomic E-state index is -0.338. The van der Waals surface area contributed by atoms with Crippen LogP contribution < -0.4 is 10.2 Å². The first kappa shape index (κ1) is 22.2. The van der Waals surface area contributed by atoms with Crippen molar-refractivity contribution in [1.29, 1.82) is 0 Å². The number of para-hydroxylation sites is 1. The Kier molecular flexibility index (Phi) is 7.07. The number of amides is 1. The summed E-state index contributed by atoms with van der Waals surface area (Å²) in [5.74, 6) is 1.90. The van der Waals surface area contributed by atoms with Crippen LogP contribution in [0.4, 0.5) is 16.3 Å². The second-order valence-electron chi connectivity index (χ2n) is 9.16. The van der Waals surface area contributed by atoms with E-state index in [4.69, 9.17) is 9.11 Å². The smallest absolute Gasteiger partial charge is 0.411 e. The lowest BCUT2D eigenvalue weighted by molar-refractivity contribution is 0.0709. The Morgan fingerprint density at radius 3 is 2.48 bits per heavy atom. The van der Waals surface area contributed by atoms with Crippen molar-refractivity contribution in [3.63, 3.8) is 0 Å². The highest BCUT2D eigenvalue weighted by atomic mass is 32.1. The highest BCUT2D eigenvalue weighted by molar-refractivity contribution is 7.13. The highest BCUT2D eigenvalue weighted by Gasteiger charge is 2.26. The van der Waals surface area contributed by atoms with Crippen LogP contribution in [0.2, 0.25) is 0 Å². The molecule has 6 nitrogen and oxygen atoms in total. The highest BCUT2D eigenvalue weighted by Crippen LogP contribution is 2.31. The number of fused-ring (bicyclic) bond motifs is 1. The topological polar surface area (TPSA) is 57.7 Å². The van der Waals surface area contributed by atoms with E-state index in [0.29, 0.717) is 0 Å². The van der Waals surface area contributed by atoms with E-state index in [1.807, 2.05) is 30.3 Å². The summed E-state index contributed by atoms with van der Waals surface area (Å²) < 4.78 is 11.6. The Balaban J connectivity index is 1.00. The van der Waals surface area contributed by atoms with Crippen LogP contribution in [0, 0.1) is 5.92 Å². The van der Waals surface area contributed by atoms with Crippen molar-refractivity contribution in [3.8, 4) is 0 Å². The SMILES string of the molecule is O=C(Nc1ccccc1)O[C@H]1CC[C@H](CCN2CCN(c3nsc4ccccc34)CC2)CC1. The molecule has 1 saturated carbocycles. The monoisotopic (exact) mass is 464 g/mol. The fourth-order valence-corrected chi connectivity index (χ4v) is 5.80. The number of carbonyl (C=O) groups excluding carboxylic acids is 1. The van der Waals surface area contributed by atoms with Crippen molar-refractivity contribution in [2.24, 2.45) is 5.92 Å². The molecule has 1 aliphatic heterocycles. The number of rotatable bonds is 6. The van der Waals surface area contributed by atoms with Gasteiger partial charge in [0, 0.05) is 37.3 Å². The average Bonchev–Trinajstić information content (AvgIpc) is 3.29. The molecule has 1 amide bonds. The molecule has 2 fully saturated rings. The zero-order valence-electron chi connectivity index (χ0n) is 19.0. The zero-order valence-corrected chi connectivity index (χ0v) is 19.8. The van der Waals surface area contributed by atoms with E-state index in [0.717, 1.165) is 75.8 Å². The molecule has 0 atom stereocenters. The Morgan fingerprint density at radius 1 is 0.970 bits per heavy atom. The lowest BCUT2D eigenvalue weighted by atomic mass is 9.85.